The van der Waals surface area contributed by atoms with Gasteiger partial charge in [-0.05, 0) is 27.7 Å². The van der Waals surface area contributed by atoms with Crippen LogP contribution in [0.4, 0.5) is 0 Å². The largest absolute Gasteiger partial charge is 0.598 e. The first-order chi connectivity index (χ1) is 7.77. The van der Waals surface area contributed by atoms with Crippen LogP contribution in [0.3, 0.4) is 0 Å². The maximum Gasteiger partial charge on any atom is 0.143 e. The van der Waals surface area contributed by atoms with E-state index in [1.807, 2.05) is 27.7 Å². The number of rotatable bonds is 3. The van der Waals surface area contributed by atoms with Gasteiger partial charge in [0.05, 0.1) is 12.2 Å². The van der Waals surface area contributed by atoms with E-state index in [-0.39, 0.29) is 10.8 Å². The number of nitriles is 1. The summed E-state index contributed by atoms with van der Waals surface area (Å²) in [7, 11) is 1.72. The second-order valence-corrected chi connectivity index (χ2v) is 6.90. The van der Waals surface area contributed by atoms with Gasteiger partial charge < -0.3 is 4.55 Å². The van der Waals surface area contributed by atoms with Crippen LogP contribution in [-0.2, 0) is 18.4 Å². The van der Waals surface area contributed by atoms with E-state index in [1.54, 1.807) is 13.2 Å². The highest BCUT2D eigenvalue weighted by Crippen LogP contribution is 2.21. The smallest absolute Gasteiger partial charge is 0.143 e. The quantitative estimate of drug-likeness (QED) is 0.827. The number of nitrogens with zero attached hydrogens (tertiary/aromatic N) is 3. The Hall–Kier alpha value is -1.03. The van der Waals surface area contributed by atoms with E-state index < -0.39 is 11.4 Å². The van der Waals surface area contributed by atoms with Crippen molar-refractivity contribution in [1.29, 1.82) is 5.26 Å². The van der Waals surface area contributed by atoms with Gasteiger partial charge in [-0.2, -0.15) is 10.4 Å². The molecule has 2 atom stereocenters. The van der Waals surface area contributed by atoms with Crippen LogP contribution in [0.15, 0.2) is 6.20 Å². The molecule has 17 heavy (non-hydrogen) atoms. The van der Waals surface area contributed by atoms with Gasteiger partial charge in [0.25, 0.3) is 0 Å². The summed E-state index contributed by atoms with van der Waals surface area (Å²) in [5.74, 6) is 0. The number of aromatic nitrogens is 2. The van der Waals surface area contributed by atoms with Gasteiger partial charge in [-0.3, -0.25) is 4.68 Å². The standard InChI is InChI=1S/C11H18N4OS/c1-8(14-17(16)11(2,3)4)9-7-13-15(5)10(9)6-12/h7-8,14H,1-5H3/t8-,17-/m1/s1. The van der Waals surface area contributed by atoms with Gasteiger partial charge in [-0.25, -0.2) is 0 Å². The molecule has 94 valence electrons. The van der Waals surface area contributed by atoms with E-state index in [4.69, 9.17) is 5.26 Å². The van der Waals surface area contributed by atoms with Crippen molar-refractivity contribution in [3.63, 3.8) is 0 Å². The van der Waals surface area contributed by atoms with Gasteiger partial charge in [0.15, 0.2) is 0 Å². The van der Waals surface area contributed by atoms with Crippen molar-refractivity contribution >= 4 is 11.4 Å². The van der Waals surface area contributed by atoms with E-state index in [0.717, 1.165) is 5.56 Å². The Bertz CT molecular complexity index is 430. The first-order valence-electron chi connectivity index (χ1n) is 5.37. The molecule has 1 heterocycles. The lowest BCUT2D eigenvalue weighted by molar-refractivity contribution is 0.531. The second kappa shape index (κ2) is 5.08. The molecule has 1 rings (SSSR count). The van der Waals surface area contributed by atoms with Crippen LogP contribution in [0.2, 0.25) is 0 Å². The summed E-state index contributed by atoms with van der Waals surface area (Å²) in [5, 5.41) is 13.0. The molecule has 0 radical (unpaired) electrons. The third-order valence-corrected chi connectivity index (χ3v) is 4.06. The zero-order valence-electron chi connectivity index (χ0n) is 10.8. The van der Waals surface area contributed by atoms with Crippen LogP contribution in [0.25, 0.3) is 0 Å². The molecule has 0 unspecified atom stereocenters. The Morgan fingerprint density at radius 1 is 1.59 bits per heavy atom. The van der Waals surface area contributed by atoms with Gasteiger partial charge in [-0.15, -0.1) is 4.72 Å². The van der Waals surface area contributed by atoms with Crippen molar-refractivity contribution in [2.75, 3.05) is 0 Å². The first-order valence-corrected chi connectivity index (χ1v) is 6.52. The van der Waals surface area contributed by atoms with E-state index in [1.165, 1.54) is 4.68 Å². The molecule has 5 nitrogen and oxygen atoms in total. The highest BCUT2D eigenvalue weighted by atomic mass is 32.2. The van der Waals surface area contributed by atoms with Crippen molar-refractivity contribution in [3.05, 3.63) is 17.5 Å². The van der Waals surface area contributed by atoms with Gasteiger partial charge in [-0.1, -0.05) is 0 Å². The molecular weight excluding hydrogens is 236 g/mol. The Balaban J connectivity index is 2.84. The highest BCUT2D eigenvalue weighted by Gasteiger charge is 2.29. The Kier molecular flexibility index (Phi) is 4.20. The fraction of sp³-hybridized carbons (Fsp3) is 0.636. The minimum absolute atomic E-state index is 0.168. The molecule has 0 bridgehead atoms. The van der Waals surface area contributed by atoms with Crippen LogP contribution in [0.1, 0.15) is 45.0 Å². The van der Waals surface area contributed by atoms with E-state index in [9.17, 15) is 4.55 Å². The molecule has 0 spiro atoms. The first kappa shape index (κ1) is 14.0. The molecule has 1 aromatic rings. The number of hydrogen-bond donors (Lipinski definition) is 1. The fourth-order valence-corrected chi connectivity index (χ4v) is 2.11. The average Bonchev–Trinajstić information content (AvgIpc) is 2.57. The van der Waals surface area contributed by atoms with Crippen LogP contribution in [0.5, 0.6) is 0 Å². The van der Waals surface area contributed by atoms with E-state index >= 15 is 0 Å². The summed E-state index contributed by atoms with van der Waals surface area (Å²) in [6.07, 6.45) is 1.64. The molecule has 0 aliphatic carbocycles. The molecular formula is C11H18N4OS. The third-order valence-electron chi connectivity index (χ3n) is 2.38. The fourth-order valence-electron chi connectivity index (χ4n) is 1.31. The van der Waals surface area contributed by atoms with Crippen molar-refractivity contribution in [1.82, 2.24) is 14.5 Å². The Morgan fingerprint density at radius 2 is 2.18 bits per heavy atom. The summed E-state index contributed by atoms with van der Waals surface area (Å²) < 4.78 is 16.1. The van der Waals surface area contributed by atoms with E-state index in [0.29, 0.717) is 5.69 Å². The van der Waals surface area contributed by atoms with Crippen LogP contribution < -0.4 is 4.72 Å². The summed E-state index contributed by atoms with van der Waals surface area (Å²) in [4.78, 5) is 0. The van der Waals surface area contributed by atoms with Crippen LogP contribution in [-0.4, -0.2) is 19.1 Å². The number of nitrogens with one attached hydrogen (secondary N) is 1. The number of aryl methyl sites for hydroxylation is 1. The van der Waals surface area contributed by atoms with Crippen molar-refractivity contribution in [2.24, 2.45) is 7.05 Å². The normalized spacial score (nSPS) is 15.4. The van der Waals surface area contributed by atoms with Gasteiger partial charge >= 0.3 is 0 Å². The lowest BCUT2D eigenvalue weighted by Crippen LogP contribution is -2.40. The second-order valence-electron chi connectivity index (χ2n) is 4.90. The maximum absolute atomic E-state index is 11.9. The monoisotopic (exact) mass is 254 g/mol. The molecule has 6 heteroatoms. The average molecular weight is 254 g/mol. The lowest BCUT2D eigenvalue weighted by Gasteiger charge is -2.26. The molecule has 0 fully saturated rings. The Labute approximate surface area is 105 Å². The maximum atomic E-state index is 11.9. The summed E-state index contributed by atoms with van der Waals surface area (Å²) in [5.41, 5.74) is 1.27. The lowest BCUT2D eigenvalue weighted by atomic mass is 10.1. The van der Waals surface area contributed by atoms with Crippen molar-refractivity contribution in [2.45, 2.75) is 38.5 Å². The SMILES string of the molecule is C[C@@H](N[S@+]([O-])C(C)(C)C)c1cnn(C)c1C#N. The molecule has 0 saturated heterocycles. The topological polar surface area (TPSA) is 76.7 Å². The summed E-state index contributed by atoms with van der Waals surface area (Å²) in [6.45, 7) is 7.58. The molecule has 0 aliphatic rings. The molecule has 0 aliphatic heterocycles. The van der Waals surface area contributed by atoms with Crippen molar-refractivity contribution in [3.8, 4) is 6.07 Å². The zero-order valence-corrected chi connectivity index (χ0v) is 11.6. The zero-order chi connectivity index (χ0) is 13.2. The minimum atomic E-state index is -1.17. The van der Waals surface area contributed by atoms with Gasteiger partial charge in [0, 0.05) is 24.0 Å². The van der Waals surface area contributed by atoms with Crippen LogP contribution in [0, 0.1) is 11.3 Å². The summed E-state index contributed by atoms with van der Waals surface area (Å²) >= 11 is -1.17. The molecule has 0 amide bonds. The predicted molar refractivity (Wildman–Crippen MR) is 67.4 cm³/mol. The van der Waals surface area contributed by atoms with Crippen molar-refractivity contribution < 1.29 is 4.55 Å². The van der Waals surface area contributed by atoms with Gasteiger partial charge in [0.1, 0.15) is 16.5 Å². The van der Waals surface area contributed by atoms with E-state index in [2.05, 4.69) is 15.9 Å². The summed E-state index contributed by atoms with van der Waals surface area (Å²) in [6, 6.07) is 1.93. The van der Waals surface area contributed by atoms with Crippen LogP contribution >= 0.6 is 0 Å². The van der Waals surface area contributed by atoms with Gasteiger partial charge in [0.2, 0.25) is 0 Å². The molecule has 0 saturated carbocycles. The third kappa shape index (κ3) is 3.22. The molecule has 1 aromatic heterocycles. The Morgan fingerprint density at radius 3 is 2.65 bits per heavy atom. The molecule has 1 N–H and O–H groups in total. The molecule has 0 aromatic carbocycles. The number of hydrogen-bond acceptors (Lipinski definition) is 4. The minimum Gasteiger partial charge on any atom is -0.598 e. The predicted octanol–water partition coefficient (Wildman–Crippen LogP) is 1.40. The highest BCUT2D eigenvalue weighted by molar-refractivity contribution is 7.90.